The van der Waals surface area contributed by atoms with Crippen molar-refractivity contribution in [2.75, 3.05) is 6.54 Å². The zero-order valence-electron chi connectivity index (χ0n) is 11.3. The molecule has 3 amide bonds. The molecule has 0 saturated carbocycles. The molecule has 1 aliphatic carbocycles. The van der Waals surface area contributed by atoms with Crippen LogP contribution >= 0.6 is 0 Å². The number of amides is 3. The summed E-state index contributed by atoms with van der Waals surface area (Å²) in [6.07, 6.45) is 7.05. The van der Waals surface area contributed by atoms with E-state index in [1.54, 1.807) is 0 Å². The SMILES string of the molecule is NC(=O)CCC(NC(=O)NCC1CC=CCC1)C(=O)O. The highest BCUT2D eigenvalue weighted by Gasteiger charge is 2.20. The number of primary amides is 1. The summed E-state index contributed by atoms with van der Waals surface area (Å²) >= 11 is 0. The molecular formula is C13H21N3O4. The van der Waals surface area contributed by atoms with E-state index in [0.717, 1.165) is 19.3 Å². The maximum absolute atomic E-state index is 11.6. The lowest BCUT2D eigenvalue weighted by Gasteiger charge is -2.19. The number of aliphatic carboxylic acids is 1. The first-order valence-electron chi connectivity index (χ1n) is 6.69. The van der Waals surface area contributed by atoms with Crippen LogP contribution in [0.5, 0.6) is 0 Å². The van der Waals surface area contributed by atoms with E-state index in [2.05, 4.69) is 22.8 Å². The molecule has 0 saturated heterocycles. The molecule has 1 rings (SSSR count). The molecule has 7 nitrogen and oxygen atoms in total. The zero-order valence-corrected chi connectivity index (χ0v) is 11.3. The third kappa shape index (κ3) is 6.21. The minimum atomic E-state index is -1.18. The molecule has 0 heterocycles. The number of carboxylic acids is 1. The fourth-order valence-electron chi connectivity index (χ4n) is 2.03. The van der Waals surface area contributed by atoms with Crippen molar-refractivity contribution >= 4 is 17.9 Å². The molecule has 0 aromatic rings. The van der Waals surface area contributed by atoms with Crippen LogP contribution in [0.2, 0.25) is 0 Å². The Morgan fingerprint density at radius 1 is 1.35 bits per heavy atom. The second-order valence-electron chi connectivity index (χ2n) is 4.90. The van der Waals surface area contributed by atoms with Crippen LogP contribution in [0.4, 0.5) is 4.79 Å². The molecule has 2 unspecified atom stereocenters. The first-order chi connectivity index (χ1) is 9.49. The number of urea groups is 1. The molecule has 0 aromatic carbocycles. The molecular weight excluding hydrogens is 262 g/mol. The minimum absolute atomic E-state index is 0.00967. The summed E-state index contributed by atoms with van der Waals surface area (Å²) in [5.41, 5.74) is 4.96. The predicted octanol–water partition coefficient (Wildman–Crippen LogP) is 0.361. The van der Waals surface area contributed by atoms with Gasteiger partial charge in [-0.2, -0.15) is 0 Å². The molecule has 7 heteroatoms. The topological polar surface area (TPSA) is 122 Å². The van der Waals surface area contributed by atoms with Gasteiger partial charge in [-0.05, 0) is 31.6 Å². The van der Waals surface area contributed by atoms with Crippen molar-refractivity contribution in [3.8, 4) is 0 Å². The van der Waals surface area contributed by atoms with E-state index in [-0.39, 0.29) is 12.8 Å². The number of rotatable bonds is 7. The predicted molar refractivity (Wildman–Crippen MR) is 72.9 cm³/mol. The van der Waals surface area contributed by atoms with E-state index in [4.69, 9.17) is 10.8 Å². The van der Waals surface area contributed by atoms with Gasteiger partial charge in [0.1, 0.15) is 6.04 Å². The Balaban J connectivity index is 2.31. The molecule has 0 fully saturated rings. The van der Waals surface area contributed by atoms with Crippen molar-refractivity contribution in [2.24, 2.45) is 11.7 Å². The summed E-state index contributed by atoms with van der Waals surface area (Å²) < 4.78 is 0. The van der Waals surface area contributed by atoms with Gasteiger partial charge in [-0.3, -0.25) is 4.79 Å². The van der Waals surface area contributed by atoms with Crippen molar-refractivity contribution in [1.82, 2.24) is 10.6 Å². The number of hydrogen-bond acceptors (Lipinski definition) is 3. The van der Waals surface area contributed by atoms with Crippen LogP contribution in [-0.4, -0.2) is 35.6 Å². The fourth-order valence-corrected chi connectivity index (χ4v) is 2.03. The van der Waals surface area contributed by atoms with Gasteiger partial charge in [-0.25, -0.2) is 9.59 Å². The van der Waals surface area contributed by atoms with E-state index in [1.807, 2.05) is 0 Å². The van der Waals surface area contributed by atoms with Gasteiger partial charge in [0.25, 0.3) is 0 Å². The van der Waals surface area contributed by atoms with Gasteiger partial charge in [0.2, 0.25) is 5.91 Å². The van der Waals surface area contributed by atoms with E-state index in [9.17, 15) is 14.4 Å². The summed E-state index contributed by atoms with van der Waals surface area (Å²) in [7, 11) is 0. The summed E-state index contributed by atoms with van der Waals surface area (Å²) in [6, 6.07) is -1.63. The number of carboxylic acid groups (broad SMARTS) is 1. The molecule has 1 aliphatic rings. The Morgan fingerprint density at radius 3 is 2.65 bits per heavy atom. The third-order valence-electron chi connectivity index (χ3n) is 3.21. The van der Waals surface area contributed by atoms with Crippen molar-refractivity contribution < 1.29 is 19.5 Å². The molecule has 0 aromatic heterocycles. The molecule has 0 spiro atoms. The van der Waals surface area contributed by atoms with Crippen LogP contribution in [0.1, 0.15) is 32.1 Å². The first kappa shape index (κ1) is 16.0. The van der Waals surface area contributed by atoms with Crippen LogP contribution < -0.4 is 16.4 Å². The zero-order chi connectivity index (χ0) is 15.0. The Labute approximate surface area is 117 Å². The number of hydrogen-bond donors (Lipinski definition) is 4. The summed E-state index contributed by atoms with van der Waals surface area (Å²) in [4.78, 5) is 33.2. The van der Waals surface area contributed by atoms with E-state index < -0.39 is 23.9 Å². The maximum Gasteiger partial charge on any atom is 0.326 e. The first-order valence-corrected chi connectivity index (χ1v) is 6.69. The smallest absolute Gasteiger partial charge is 0.326 e. The molecule has 20 heavy (non-hydrogen) atoms. The molecule has 0 bridgehead atoms. The number of nitrogens with two attached hydrogens (primary N) is 1. The van der Waals surface area contributed by atoms with Crippen molar-refractivity contribution in [2.45, 2.75) is 38.1 Å². The maximum atomic E-state index is 11.6. The molecule has 2 atom stereocenters. The lowest BCUT2D eigenvalue weighted by atomic mass is 9.94. The van der Waals surface area contributed by atoms with Gasteiger partial charge in [-0.1, -0.05) is 12.2 Å². The number of carbonyl (C=O) groups is 3. The highest BCUT2D eigenvalue weighted by molar-refractivity contribution is 5.83. The Kier molecular flexibility index (Phi) is 6.55. The normalized spacial score (nSPS) is 19.1. The average molecular weight is 283 g/mol. The van der Waals surface area contributed by atoms with E-state index in [1.165, 1.54) is 0 Å². The molecule has 112 valence electrons. The van der Waals surface area contributed by atoms with Gasteiger partial charge in [0.15, 0.2) is 0 Å². The molecule has 5 N–H and O–H groups in total. The van der Waals surface area contributed by atoms with E-state index >= 15 is 0 Å². The van der Waals surface area contributed by atoms with E-state index in [0.29, 0.717) is 12.5 Å². The average Bonchev–Trinajstić information content (AvgIpc) is 2.41. The monoisotopic (exact) mass is 283 g/mol. The lowest BCUT2D eigenvalue weighted by Crippen LogP contribution is -2.47. The minimum Gasteiger partial charge on any atom is -0.480 e. The number of carbonyl (C=O) groups excluding carboxylic acids is 2. The Hall–Kier alpha value is -2.05. The second kappa shape index (κ2) is 8.19. The van der Waals surface area contributed by atoms with Gasteiger partial charge in [0.05, 0.1) is 0 Å². The summed E-state index contributed by atoms with van der Waals surface area (Å²) in [6.45, 7) is 0.512. The van der Waals surface area contributed by atoms with Crippen LogP contribution in [-0.2, 0) is 9.59 Å². The van der Waals surface area contributed by atoms with Crippen LogP contribution in [0, 0.1) is 5.92 Å². The largest absolute Gasteiger partial charge is 0.480 e. The van der Waals surface area contributed by atoms with Crippen molar-refractivity contribution in [3.05, 3.63) is 12.2 Å². The quantitative estimate of drug-likeness (QED) is 0.504. The fraction of sp³-hybridized carbons (Fsp3) is 0.615. The number of nitrogens with one attached hydrogen (secondary N) is 2. The van der Waals surface area contributed by atoms with Gasteiger partial charge in [0, 0.05) is 13.0 Å². The Morgan fingerprint density at radius 2 is 2.10 bits per heavy atom. The van der Waals surface area contributed by atoms with Crippen molar-refractivity contribution in [3.63, 3.8) is 0 Å². The van der Waals surface area contributed by atoms with Crippen molar-refractivity contribution in [1.29, 1.82) is 0 Å². The Bertz CT molecular complexity index is 395. The second-order valence-corrected chi connectivity index (χ2v) is 4.90. The van der Waals surface area contributed by atoms with Crippen LogP contribution in [0.15, 0.2) is 12.2 Å². The number of allylic oxidation sites excluding steroid dienone is 2. The standard InChI is InChI=1S/C13H21N3O4/c14-11(17)7-6-10(12(18)19)16-13(20)15-8-9-4-2-1-3-5-9/h1-2,9-10H,3-8H2,(H2,14,17)(H,18,19)(H2,15,16,20). The van der Waals surface area contributed by atoms with Gasteiger partial charge in [-0.15, -0.1) is 0 Å². The summed E-state index contributed by atoms with van der Waals surface area (Å²) in [5, 5.41) is 13.9. The van der Waals surface area contributed by atoms with Gasteiger partial charge >= 0.3 is 12.0 Å². The van der Waals surface area contributed by atoms with Crippen LogP contribution in [0.3, 0.4) is 0 Å². The highest BCUT2D eigenvalue weighted by atomic mass is 16.4. The van der Waals surface area contributed by atoms with Crippen LogP contribution in [0.25, 0.3) is 0 Å². The lowest BCUT2D eigenvalue weighted by molar-refractivity contribution is -0.139. The molecule has 0 aliphatic heterocycles. The summed E-state index contributed by atoms with van der Waals surface area (Å²) in [5.74, 6) is -1.38. The molecule has 0 radical (unpaired) electrons. The van der Waals surface area contributed by atoms with Gasteiger partial charge < -0.3 is 21.5 Å². The third-order valence-corrected chi connectivity index (χ3v) is 3.21. The highest BCUT2D eigenvalue weighted by Crippen LogP contribution is 2.16.